The van der Waals surface area contributed by atoms with Crippen LogP contribution in [0.3, 0.4) is 0 Å². The first-order valence-corrected chi connectivity index (χ1v) is 10.9. The van der Waals surface area contributed by atoms with Crippen molar-refractivity contribution in [3.63, 3.8) is 0 Å². The number of rotatable bonds is 10. The van der Waals surface area contributed by atoms with E-state index in [2.05, 4.69) is 12.2 Å². The zero-order valence-electron chi connectivity index (χ0n) is 16.1. The highest BCUT2D eigenvalue weighted by Gasteiger charge is 2.27. The number of amides is 1. The van der Waals surface area contributed by atoms with E-state index in [1.807, 2.05) is 24.3 Å². The molecule has 4 nitrogen and oxygen atoms in total. The van der Waals surface area contributed by atoms with Crippen molar-refractivity contribution in [3.8, 4) is 0 Å². The summed E-state index contributed by atoms with van der Waals surface area (Å²) in [5.74, 6) is 0.147. The number of hydrogen-bond acceptors (Lipinski definition) is 3. The Bertz CT molecular complexity index is 628. The highest BCUT2D eigenvalue weighted by molar-refractivity contribution is 7.92. The van der Waals surface area contributed by atoms with Crippen LogP contribution in [0.25, 0.3) is 0 Å². The van der Waals surface area contributed by atoms with Gasteiger partial charge in [-0.05, 0) is 64.2 Å². The number of sulfone groups is 1. The van der Waals surface area contributed by atoms with Crippen LogP contribution in [0.1, 0.15) is 75.7 Å². The summed E-state index contributed by atoms with van der Waals surface area (Å²) < 4.78 is 23.3. The van der Waals surface area contributed by atoms with Gasteiger partial charge in [0.05, 0.1) is 10.5 Å². The summed E-state index contributed by atoms with van der Waals surface area (Å²) in [4.78, 5) is 12.1. The lowest BCUT2D eigenvalue weighted by atomic mass is 10.1. The number of hydrogen-bond donors (Lipinski definition) is 1. The molecule has 142 valence electrons. The van der Waals surface area contributed by atoms with Crippen LogP contribution in [0.5, 0.6) is 0 Å². The maximum absolute atomic E-state index is 12.1. The molecule has 1 amide bonds. The maximum Gasteiger partial charge on any atom is 0.251 e. The molecule has 0 aliphatic heterocycles. The van der Waals surface area contributed by atoms with Crippen LogP contribution in [-0.4, -0.2) is 31.4 Å². The Morgan fingerprint density at radius 1 is 1.00 bits per heavy atom. The first-order valence-electron chi connectivity index (χ1n) is 9.27. The fraction of sp³-hybridized carbons (Fsp3) is 0.650. The van der Waals surface area contributed by atoms with Gasteiger partial charge in [-0.25, -0.2) is 8.42 Å². The van der Waals surface area contributed by atoms with Crippen LogP contribution < -0.4 is 5.32 Å². The third-order valence-electron chi connectivity index (χ3n) is 4.34. The van der Waals surface area contributed by atoms with Crippen LogP contribution in [0.15, 0.2) is 24.3 Å². The molecular weight excluding hydrogens is 334 g/mol. The Labute approximate surface area is 153 Å². The van der Waals surface area contributed by atoms with Crippen molar-refractivity contribution in [2.24, 2.45) is 0 Å². The second-order valence-electron chi connectivity index (χ2n) is 7.55. The second kappa shape index (κ2) is 9.95. The van der Waals surface area contributed by atoms with Crippen LogP contribution in [0, 0.1) is 0 Å². The molecule has 0 heterocycles. The van der Waals surface area contributed by atoms with E-state index in [4.69, 9.17) is 0 Å². The average Bonchev–Trinajstić information content (AvgIpc) is 2.55. The zero-order valence-corrected chi connectivity index (χ0v) is 16.9. The van der Waals surface area contributed by atoms with Gasteiger partial charge < -0.3 is 5.32 Å². The Morgan fingerprint density at radius 2 is 1.64 bits per heavy atom. The standard InChI is InChI=1S/C20H33NO3S/c1-5-6-10-17-11-13-18(14-12-17)19(22)21-15-8-7-9-16-25(23,24)20(2,3)4/h11-14H,5-10,15-16H2,1-4H3,(H,21,22). The summed E-state index contributed by atoms with van der Waals surface area (Å²) in [6.45, 7) is 7.94. The molecule has 0 unspecified atom stereocenters. The fourth-order valence-electron chi connectivity index (χ4n) is 2.41. The maximum atomic E-state index is 12.1. The molecule has 1 aromatic carbocycles. The molecule has 0 fully saturated rings. The van der Waals surface area contributed by atoms with Gasteiger partial charge in [0.15, 0.2) is 9.84 Å². The molecule has 0 saturated carbocycles. The fourth-order valence-corrected chi connectivity index (χ4v) is 3.60. The van der Waals surface area contributed by atoms with Gasteiger partial charge in [-0.1, -0.05) is 31.9 Å². The first-order chi connectivity index (χ1) is 11.7. The number of carbonyl (C=O) groups excluding carboxylic acids is 1. The van der Waals surface area contributed by atoms with E-state index in [0.29, 0.717) is 18.5 Å². The van der Waals surface area contributed by atoms with E-state index in [1.165, 1.54) is 12.0 Å². The van der Waals surface area contributed by atoms with E-state index >= 15 is 0 Å². The molecule has 0 aliphatic carbocycles. The monoisotopic (exact) mass is 367 g/mol. The minimum absolute atomic E-state index is 0.0654. The van der Waals surface area contributed by atoms with Crippen molar-refractivity contribution in [3.05, 3.63) is 35.4 Å². The molecule has 0 saturated heterocycles. The molecule has 1 N–H and O–H groups in total. The Kier molecular flexibility index (Phi) is 8.63. The minimum atomic E-state index is -3.04. The summed E-state index contributed by atoms with van der Waals surface area (Å²) in [5, 5.41) is 2.90. The van der Waals surface area contributed by atoms with Crippen molar-refractivity contribution in [2.45, 2.75) is 71.0 Å². The van der Waals surface area contributed by atoms with E-state index < -0.39 is 14.6 Å². The van der Waals surface area contributed by atoms with E-state index in [1.54, 1.807) is 20.8 Å². The smallest absolute Gasteiger partial charge is 0.251 e. The lowest BCUT2D eigenvalue weighted by Crippen LogP contribution is -2.30. The number of nitrogens with one attached hydrogen (secondary N) is 1. The molecule has 1 aromatic rings. The summed E-state index contributed by atoms with van der Waals surface area (Å²) in [6, 6.07) is 7.77. The predicted molar refractivity (Wildman–Crippen MR) is 105 cm³/mol. The van der Waals surface area contributed by atoms with E-state index in [-0.39, 0.29) is 11.7 Å². The summed E-state index contributed by atoms with van der Waals surface area (Å²) in [5.41, 5.74) is 1.94. The van der Waals surface area contributed by atoms with Crippen molar-refractivity contribution in [2.75, 3.05) is 12.3 Å². The Balaban J connectivity index is 2.27. The number of benzene rings is 1. The second-order valence-corrected chi connectivity index (χ2v) is 10.4. The number of aryl methyl sites for hydroxylation is 1. The SMILES string of the molecule is CCCCc1ccc(C(=O)NCCCCCS(=O)(=O)C(C)(C)C)cc1. The first kappa shape index (κ1) is 21.7. The lowest BCUT2D eigenvalue weighted by molar-refractivity contribution is 0.0953. The van der Waals surface area contributed by atoms with Crippen LogP contribution in [0.4, 0.5) is 0 Å². The minimum Gasteiger partial charge on any atom is -0.352 e. The molecule has 0 radical (unpaired) electrons. The van der Waals surface area contributed by atoms with Gasteiger partial charge >= 0.3 is 0 Å². The van der Waals surface area contributed by atoms with Gasteiger partial charge in [0.2, 0.25) is 0 Å². The van der Waals surface area contributed by atoms with E-state index in [0.717, 1.165) is 25.7 Å². The topological polar surface area (TPSA) is 63.2 Å². The van der Waals surface area contributed by atoms with Crippen molar-refractivity contribution >= 4 is 15.7 Å². The van der Waals surface area contributed by atoms with Gasteiger partial charge in [-0.2, -0.15) is 0 Å². The Hall–Kier alpha value is -1.36. The molecule has 0 bridgehead atoms. The van der Waals surface area contributed by atoms with Gasteiger partial charge in [0.1, 0.15) is 0 Å². The van der Waals surface area contributed by atoms with Gasteiger partial charge in [0, 0.05) is 12.1 Å². The van der Waals surface area contributed by atoms with E-state index in [9.17, 15) is 13.2 Å². The largest absolute Gasteiger partial charge is 0.352 e. The van der Waals surface area contributed by atoms with Gasteiger partial charge in [-0.3, -0.25) is 4.79 Å². The summed E-state index contributed by atoms with van der Waals surface area (Å²) in [7, 11) is -3.04. The molecular formula is C20H33NO3S. The van der Waals surface area contributed by atoms with Crippen molar-refractivity contribution < 1.29 is 13.2 Å². The molecule has 0 atom stereocenters. The molecule has 0 spiro atoms. The predicted octanol–water partition coefficient (Wildman–Crippen LogP) is 4.14. The highest BCUT2D eigenvalue weighted by atomic mass is 32.2. The van der Waals surface area contributed by atoms with Crippen molar-refractivity contribution in [1.29, 1.82) is 0 Å². The number of unbranched alkanes of at least 4 members (excludes halogenated alkanes) is 3. The van der Waals surface area contributed by atoms with Crippen molar-refractivity contribution in [1.82, 2.24) is 5.32 Å². The molecule has 0 aromatic heterocycles. The highest BCUT2D eigenvalue weighted by Crippen LogP contribution is 2.17. The lowest BCUT2D eigenvalue weighted by Gasteiger charge is -2.18. The van der Waals surface area contributed by atoms with Crippen LogP contribution >= 0.6 is 0 Å². The van der Waals surface area contributed by atoms with Gasteiger partial charge in [0.25, 0.3) is 5.91 Å². The zero-order chi connectivity index (χ0) is 18.9. The third kappa shape index (κ3) is 7.59. The van der Waals surface area contributed by atoms with Crippen LogP contribution in [-0.2, 0) is 16.3 Å². The number of carbonyl (C=O) groups is 1. The summed E-state index contributed by atoms with van der Waals surface area (Å²) >= 11 is 0. The molecule has 0 aliphatic rings. The molecule has 1 rings (SSSR count). The normalized spacial score (nSPS) is 12.2. The Morgan fingerprint density at radius 3 is 2.20 bits per heavy atom. The van der Waals surface area contributed by atoms with Gasteiger partial charge in [-0.15, -0.1) is 0 Å². The molecule has 5 heteroatoms. The summed E-state index contributed by atoms with van der Waals surface area (Å²) in [6.07, 6.45) is 5.61. The quantitative estimate of drug-likeness (QED) is 0.632. The molecule has 25 heavy (non-hydrogen) atoms. The average molecular weight is 368 g/mol. The van der Waals surface area contributed by atoms with Crippen LogP contribution in [0.2, 0.25) is 0 Å². The third-order valence-corrected chi connectivity index (χ3v) is 7.04.